The lowest BCUT2D eigenvalue weighted by molar-refractivity contribution is 0.552. The minimum absolute atomic E-state index is 0.630. The molecule has 0 saturated heterocycles. The molecule has 0 fully saturated rings. The second-order valence-electron chi connectivity index (χ2n) is 4.87. The molecule has 0 saturated carbocycles. The van der Waals surface area contributed by atoms with E-state index in [1.165, 1.54) is 0 Å². The first kappa shape index (κ1) is 15.0. The summed E-state index contributed by atoms with van der Waals surface area (Å²) in [6.45, 7) is 6.15. The van der Waals surface area contributed by atoms with Crippen LogP contribution in [0.4, 0.5) is 0 Å². The van der Waals surface area contributed by atoms with Gasteiger partial charge in [-0.2, -0.15) is 5.26 Å². The molecule has 1 N–H and O–H groups in total. The molecule has 2 aromatic rings. The number of hydrogen-bond acceptors (Lipinski definition) is 5. The maximum absolute atomic E-state index is 9.28. The summed E-state index contributed by atoms with van der Waals surface area (Å²) in [7, 11) is 0. The quantitative estimate of drug-likeness (QED) is 0.879. The molecule has 0 bridgehead atoms. The molecule has 0 radical (unpaired) electrons. The number of nitrogens with one attached hydrogen (secondary N) is 1. The predicted molar refractivity (Wildman–Crippen MR) is 83.9 cm³/mol. The van der Waals surface area contributed by atoms with Crippen molar-refractivity contribution < 1.29 is 0 Å². The molecule has 0 aliphatic heterocycles. The van der Waals surface area contributed by atoms with E-state index < -0.39 is 0 Å². The van der Waals surface area contributed by atoms with Crippen LogP contribution >= 0.6 is 23.1 Å². The predicted octanol–water partition coefficient (Wildman–Crippen LogP) is 3.91. The molecule has 0 aliphatic carbocycles. The molecule has 104 valence electrons. The van der Waals surface area contributed by atoms with E-state index in [9.17, 15) is 5.26 Å². The average Bonchev–Trinajstić information content (AvgIpc) is 2.93. The third-order valence-corrected chi connectivity index (χ3v) is 4.61. The topological polar surface area (TPSA) is 48.7 Å². The molecule has 0 spiro atoms. The van der Waals surface area contributed by atoms with Gasteiger partial charge >= 0.3 is 0 Å². The maximum atomic E-state index is 9.28. The highest BCUT2D eigenvalue weighted by Crippen LogP contribution is 2.31. The Morgan fingerprint density at radius 3 is 2.95 bits per heavy atom. The highest BCUT2D eigenvalue weighted by molar-refractivity contribution is 8.01. The average molecular weight is 303 g/mol. The van der Waals surface area contributed by atoms with Gasteiger partial charge in [-0.05, 0) is 30.2 Å². The van der Waals surface area contributed by atoms with Gasteiger partial charge in [-0.3, -0.25) is 0 Å². The highest BCUT2D eigenvalue weighted by atomic mass is 32.2. The van der Waals surface area contributed by atoms with E-state index in [2.05, 4.69) is 36.3 Å². The van der Waals surface area contributed by atoms with Gasteiger partial charge in [-0.25, -0.2) is 4.98 Å². The van der Waals surface area contributed by atoms with Crippen molar-refractivity contribution in [2.75, 3.05) is 6.54 Å². The van der Waals surface area contributed by atoms with Crippen LogP contribution in [-0.2, 0) is 6.54 Å². The summed E-state index contributed by atoms with van der Waals surface area (Å²) in [5.74, 6) is 0.630. The van der Waals surface area contributed by atoms with Gasteiger partial charge in [-0.15, -0.1) is 11.3 Å². The van der Waals surface area contributed by atoms with Gasteiger partial charge in [0.05, 0.1) is 5.56 Å². The molecule has 0 unspecified atom stereocenters. The lowest BCUT2D eigenvalue weighted by Gasteiger charge is -2.09. The largest absolute Gasteiger partial charge is 0.312 e. The minimum atomic E-state index is 0.630. The molecule has 5 heteroatoms. The molecule has 2 rings (SSSR count). The summed E-state index contributed by atoms with van der Waals surface area (Å²) in [6.07, 6.45) is 1.78. The Labute approximate surface area is 128 Å². The Morgan fingerprint density at radius 2 is 2.30 bits per heavy atom. The van der Waals surface area contributed by atoms with E-state index in [0.717, 1.165) is 27.9 Å². The molecule has 1 aromatic heterocycles. The summed E-state index contributed by atoms with van der Waals surface area (Å²) < 4.78 is 0.965. The van der Waals surface area contributed by atoms with Crippen LogP contribution in [0.25, 0.3) is 0 Å². The van der Waals surface area contributed by atoms with E-state index in [1.807, 2.05) is 17.5 Å². The zero-order chi connectivity index (χ0) is 14.4. The van der Waals surface area contributed by atoms with Crippen molar-refractivity contribution in [1.29, 1.82) is 5.26 Å². The van der Waals surface area contributed by atoms with Crippen LogP contribution in [0.2, 0.25) is 0 Å². The van der Waals surface area contributed by atoms with Gasteiger partial charge in [0.1, 0.15) is 6.07 Å². The van der Waals surface area contributed by atoms with Gasteiger partial charge in [0.2, 0.25) is 0 Å². The molecule has 0 amide bonds. The van der Waals surface area contributed by atoms with Gasteiger partial charge in [0.15, 0.2) is 4.34 Å². The van der Waals surface area contributed by atoms with Crippen LogP contribution < -0.4 is 5.32 Å². The SMILES string of the molecule is CC(C)CNCc1ccc(Sc2nccs2)c(C#N)c1. The number of nitriles is 1. The van der Waals surface area contributed by atoms with Crippen molar-refractivity contribution in [3.05, 3.63) is 40.9 Å². The number of benzene rings is 1. The fraction of sp³-hybridized carbons (Fsp3) is 0.333. The standard InChI is InChI=1S/C15H17N3S2/c1-11(2)9-17-10-12-3-4-14(13(7-12)8-16)20-15-18-5-6-19-15/h3-7,11,17H,9-10H2,1-2H3. The Morgan fingerprint density at radius 1 is 1.45 bits per heavy atom. The van der Waals surface area contributed by atoms with Crippen LogP contribution in [0, 0.1) is 17.2 Å². The zero-order valence-corrected chi connectivity index (χ0v) is 13.2. The van der Waals surface area contributed by atoms with E-state index in [-0.39, 0.29) is 0 Å². The molecule has 0 atom stereocenters. The number of hydrogen-bond donors (Lipinski definition) is 1. The first-order valence-corrected chi connectivity index (χ1v) is 8.19. The summed E-state index contributed by atoms with van der Waals surface area (Å²) in [5.41, 5.74) is 1.86. The lowest BCUT2D eigenvalue weighted by atomic mass is 10.1. The van der Waals surface area contributed by atoms with E-state index in [1.54, 1.807) is 29.3 Å². The Hall–Kier alpha value is -1.35. The smallest absolute Gasteiger partial charge is 0.154 e. The minimum Gasteiger partial charge on any atom is -0.312 e. The van der Waals surface area contributed by atoms with E-state index >= 15 is 0 Å². The van der Waals surface area contributed by atoms with Crippen molar-refractivity contribution in [2.24, 2.45) is 5.92 Å². The van der Waals surface area contributed by atoms with Gasteiger partial charge in [0.25, 0.3) is 0 Å². The van der Waals surface area contributed by atoms with Crippen molar-refractivity contribution in [2.45, 2.75) is 29.6 Å². The molecule has 1 aromatic carbocycles. The van der Waals surface area contributed by atoms with Crippen LogP contribution in [0.3, 0.4) is 0 Å². The van der Waals surface area contributed by atoms with Gasteiger partial charge in [0, 0.05) is 23.0 Å². The van der Waals surface area contributed by atoms with Crippen molar-refractivity contribution in [1.82, 2.24) is 10.3 Å². The first-order valence-electron chi connectivity index (χ1n) is 6.50. The van der Waals surface area contributed by atoms with Gasteiger partial charge in [-0.1, -0.05) is 31.7 Å². The molecule has 20 heavy (non-hydrogen) atoms. The number of nitrogens with zero attached hydrogens (tertiary/aromatic N) is 2. The molecular weight excluding hydrogens is 286 g/mol. The fourth-order valence-electron chi connectivity index (χ4n) is 1.72. The number of thiazole rings is 1. The monoisotopic (exact) mass is 303 g/mol. The van der Waals surface area contributed by atoms with E-state index in [0.29, 0.717) is 11.5 Å². The zero-order valence-electron chi connectivity index (χ0n) is 11.6. The first-order chi connectivity index (χ1) is 9.69. The third kappa shape index (κ3) is 4.34. The van der Waals surface area contributed by atoms with Crippen LogP contribution in [-0.4, -0.2) is 11.5 Å². The van der Waals surface area contributed by atoms with Crippen molar-refractivity contribution >= 4 is 23.1 Å². The Balaban J connectivity index is 2.06. The summed E-state index contributed by atoms with van der Waals surface area (Å²) in [6, 6.07) is 8.32. The Kier molecular flexibility index (Phi) is 5.60. The normalized spacial score (nSPS) is 10.7. The van der Waals surface area contributed by atoms with Crippen LogP contribution in [0.15, 0.2) is 39.0 Å². The maximum Gasteiger partial charge on any atom is 0.154 e. The third-order valence-electron chi connectivity index (χ3n) is 2.65. The summed E-state index contributed by atoms with van der Waals surface area (Å²) in [5, 5.41) is 14.6. The summed E-state index contributed by atoms with van der Waals surface area (Å²) in [4.78, 5) is 5.21. The van der Waals surface area contributed by atoms with Crippen LogP contribution in [0.5, 0.6) is 0 Å². The Bertz CT molecular complexity index is 586. The lowest BCUT2D eigenvalue weighted by Crippen LogP contribution is -2.18. The second-order valence-corrected chi connectivity index (χ2v) is 7.05. The molecular formula is C15H17N3S2. The molecule has 1 heterocycles. The second kappa shape index (κ2) is 7.44. The number of rotatable bonds is 6. The van der Waals surface area contributed by atoms with E-state index in [4.69, 9.17) is 0 Å². The number of aromatic nitrogens is 1. The fourth-order valence-corrected chi connectivity index (χ4v) is 3.36. The molecule has 0 aliphatic rings. The van der Waals surface area contributed by atoms with Crippen molar-refractivity contribution in [3.63, 3.8) is 0 Å². The molecule has 3 nitrogen and oxygen atoms in total. The highest BCUT2D eigenvalue weighted by Gasteiger charge is 2.07. The van der Waals surface area contributed by atoms with Gasteiger partial charge < -0.3 is 5.32 Å². The summed E-state index contributed by atoms with van der Waals surface area (Å²) >= 11 is 3.14. The van der Waals surface area contributed by atoms with Crippen LogP contribution in [0.1, 0.15) is 25.0 Å². The van der Waals surface area contributed by atoms with Crippen molar-refractivity contribution in [3.8, 4) is 6.07 Å².